The maximum Gasteiger partial charge on any atom is 0.246 e. The third kappa shape index (κ3) is 5.28. The van der Waals surface area contributed by atoms with E-state index in [9.17, 15) is 18.0 Å². The highest BCUT2D eigenvalue weighted by Gasteiger charge is 2.48. The number of hydrogen-bond acceptors (Lipinski definition) is 4. The first-order valence-electron chi connectivity index (χ1n) is 10.3. The molecule has 0 radical (unpaired) electrons. The van der Waals surface area contributed by atoms with Gasteiger partial charge >= 0.3 is 0 Å². The summed E-state index contributed by atoms with van der Waals surface area (Å²) in [4.78, 5) is 27.8. The van der Waals surface area contributed by atoms with Crippen LogP contribution in [0, 0.1) is 6.92 Å². The molecular weight excluding hydrogens is 436 g/mol. The quantitative estimate of drug-likeness (QED) is 0.609. The average Bonchev–Trinajstić information content (AvgIpc) is 3.27. The molecule has 2 aromatic rings. The minimum Gasteiger partial charge on any atom is -0.340 e. The maximum absolute atomic E-state index is 13.3. The van der Waals surface area contributed by atoms with Gasteiger partial charge in [-0.25, -0.2) is 8.42 Å². The molecule has 8 heteroatoms. The first-order valence-corrected chi connectivity index (χ1v) is 12.5. The first kappa shape index (κ1) is 23.3. The van der Waals surface area contributed by atoms with Gasteiger partial charge in [0.2, 0.25) is 11.8 Å². The minimum atomic E-state index is -3.70. The SMILES string of the molecule is Cc1ccc(S(=O)(=O)CNC(=O)C2(N(Cc3ccccc3)C(=O)CCl)CCCC2)cc1. The van der Waals surface area contributed by atoms with Crippen molar-refractivity contribution in [2.75, 3.05) is 11.8 Å². The third-order valence-electron chi connectivity index (χ3n) is 5.77. The number of aryl methyl sites for hydroxylation is 1. The zero-order chi connectivity index (χ0) is 22.5. The fraction of sp³-hybridized carbons (Fsp3) is 0.391. The van der Waals surface area contributed by atoms with Crippen molar-refractivity contribution in [1.82, 2.24) is 10.2 Å². The summed E-state index contributed by atoms with van der Waals surface area (Å²) in [6.45, 7) is 2.11. The van der Waals surface area contributed by atoms with Gasteiger partial charge in [0.1, 0.15) is 17.3 Å². The van der Waals surface area contributed by atoms with E-state index in [-0.39, 0.29) is 23.2 Å². The van der Waals surface area contributed by atoms with E-state index in [4.69, 9.17) is 11.6 Å². The van der Waals surface area contributed by atoms with Crippen molar-refractivity contribution in [1.29, 1.82) is 0 Å². The molecule has 0 unspecified atom stereocenters. The Morgan fingerprint density at radius 3 is 2.23 bits per heavy atom. The number of amides is 2. The van der Waals surface area contributed by atoms with Gasteiger partial charge in [-0.05, 0) is 37.5 Å². The van der Waals surface area contributed by atoms with Gasteiger partial charge in [0.05, 0.1) is 4.90 Å². The zero-order valence-electron chi connectivity index (χ0n) is 17.5. The molecule has 1 fully saturated rings. The van der Waals surface area contributed by atoms with Crippen molar-refractivity contribution in [2.45, 2.75) is 49.6 Å². The van der Waals surface area contributed by atoms with Crippen LogP contribution < -0.4 is 5.32 Å². The lowest BCUT2D eigenvalue weighted by Gasteiger charge is -2.40. The molecule has 166 valence electrons. The molecule has 0 aromatic heterocycles. The molecule has 2 aromatic carbocycles. The molecule has 0 bridgehead atoms. The molecule has 0 atom stereocenters. The van der Waals surface area contributed by atoms with Gasteiger partial charge in [-0.1, -0.05) is 60.9 Å². The Morgan fingerprint density at radius 2 is 1.65 bits per heavy atom. The van der Waals surface area contributed by atoms with Crippen molar-refractivity contribution < 1.29 is 18.0 Å². The molecule has 0 aliphatic heterocycles. The lowest BCUT2D eigenvalue weighted by Crippen LogP contribution is -2.59. The van der Waals surface area contributed by atoms with Crippen LogP contribution in [0.15, 0.2) is 59.5 Å². The van der Waals surface area contributed by atoms with Crippen LogP contribution in [0.2, 0.25) is 0 Å². The number of nitrogens with one attached hydrogen (secondary N) is 1. The number of sulfone groups is 1. The van der Waals surface area contributed by atoms with Crippen molar-refractivity contribution in [2.24, 2.45) is 0 Å². The molecule has 1 saturated carbocycles. The molecule has 6 nitrogen and oxygen atoms in total. The summed E-state index contributed by atoms with van der Waals surface area (Å²) in [5.41, 5.74) is 0.723. The van der Waals surface area contributed by atoms with E-state index in [1.807, 2.05) is 37.3 Å². The molecule has 2 amide bonds. The Balaban J connectivity index is 1.83. The van der Waals surface area contributed by atoms with Gasteiger partial charge in [0.15, 0.2) is 9.84 Å². The number of halogens is 1. The predicted octanol–water partition coefficient (Wildman–Crippen LogP) is 3.42. The number of alkyl halides is 1. The van der Waals surface area contributed by atoms with Gasteiger partial charge < -0.3 is 10.2 Å². The second-order valence-electron chi connectivity index (χ2n) is 7.92. The smallest absolute Gasteiger partial charge is 0.246 e. The van der Waals surface area contributed by atoms with Crippen LogP contribution in [0.4, 0.5) is 0 Å². The number of carbonyl (C=O) groups is 2. The Morgan fingerprint density at radius 1 is 1.03 bits per heavy atom. The van der Waals surface area contributed by atoms with Crippen LogP contribution in [-0.2, 0) is 26.0 Å². The second kappa shape index (κ2) is 9.83. The molecule has 0 spiro atoms. The lowest BCUT2D eigenvalue weighted by atomic mass is 9.92. The molecule has 0 saturated heterocycles. The number of nitrogens with zero attached hydrogens (tertiary/aromatic N) is 1. The summed E-state index contributed by atoms with van der Waals surface area (Å²) in [5, 5.41) is 2.60. The Kier molecular flexibility index (Phi) is 7.38. The van der Waals surface area contributed by atoms with Gasteiger partial charge in [-0.15, -0.1) is 11.6 Å². The summed E-state index contributed by atoms with van der Waals surface area (Å²) in [6.07, 6.45) is 2.50. The summed E-state index contributed by atoms with van der Waals surface area (Å²) >= 11 is 5.88. The maximum atomic E-state index is 13.3. The van der Waals surface area contributed by atoms with E-state index < -0.39 is 27.2 Å². The molecule has 31 heavy (non-hydrogen) atoms. The van der Waals surface area contributed by atoms with E-state index in [1.165, 1.54) is 17.0 Å². The first-order chi connectivity index (χ1) is 14.8. The van der Waals surface area contributed by atoms with E-state index in [2.05, 4.69) is 5.32 Å². The molecule has 1 aliphatic carbocycles. The van der Waals surface area contributed by atoms with Crippen LogP contribution in [0.1, 0.15) is 36.8 Å². The van der Waals surface area contributed by atoms with Crippen LogP contribution in [-0.4, -0.2) is 42.4 Å². The van der Waals surface area contributed by atoms with Gasteiger partial charge in [-0.3, -0.25) is 9.59 Å². The molecule has 1 N–H and O–H groups in total. The number of rotatable bonds is 8. The van der Waals surface area contributed by atoms with Gasteiger partial charge in [0, 0.05) is 6.54 Å². The fourth-order valence-corrected chi connectivity index (χ4v) is 5.23. The van der Waals surface area contributed by atoms with Crippen LogP contribution >= 0.6 is 11.6 Å². The normalized spacial score (nSPS) is 15.4. The molecular formula is C23H27ClN2O4S. The summed E-state index contributed by atoms with van der Waals surface area (Å²) in [6, 6.07) is 15.9. The Labute approximate surface area is 188 Å². The Hall–Kier alpha value is -2.38. The zero-order valence-corrected chi connectivity index (χ0v) is 19.1. The number of hydrogen-bond donors (Lipinski definition) is 1. The summed E-state index contributed by atoms with van der Waals surface area (Å²) in [7, 11) is -3.70. The highest BCUT2D eigenvalue weighted by molar-refractivity contribution is 7.91. The van der Waals surface area contributed by atoms with E-state index >= 15 is 0 Å². The van der Waals surface area contributed by atoms with Gasteiger partial charge in [0.25, 0.3) is 0 Å². The van der Waals surface area contributed by atoms with Crippen LogP contribution in [0.5, 0.6) is 0 Å². The van der Waals surface area contributed by atoms with Gasteiger partial charge in [-0.2, -0.15) is 0 Å². The Bertz CT molecular complexity index is 1020. The highest BCUT2D eigenvalue weighted by Crippen LogP contribution is 2.37. The molecule has 3 rings (SSSR count). The number of benzene rings is 2. The largest absolute Gasteiger partial charge is 0.340 e. The molecule has 0 heterocycles. The summed E-state index contributed by atoms with van der Waals surface area (Å²) in [5.74, 6) is -1.56. The minimum absolute atomic E-state index is 0.150. The van der Waals surface area contributed by atoms with Crippen LogP contribution in [0.3, 0.4) is 0 Å². The second-order valence-corrected chi connectivity index (χ2v) is 10.2. The topological polar surface area (TPSA) is 83.6 Å². The summed E-state index contributed by atoms with van der Waals surface area (Å²) < 4.78 is 25.4. The standard InChI is InChI=1S/C23H27ClN2O4S/c1-18-9-11-20(12-10-18)31(29,30)17-25-22(28)23(13-5-6-14-23)26(21(27)15-24)16-19-7-3-2-4-8-19/h2-4,7-12H,5-6,13-17H2,1H3,(H,25,28). The fourth-order valence-electron chi connectivity index (χ4n) is 4.05. The average molecular weight is 463 g/mol. The van der Waals surface area contributed by atoms with Crippen molar-refractivity contribution >= 4 is 33.3 Å². The van der Waals surface area contributed by atoms with E-state index in [0.717, 1.165) is 24.0 Å². The van der Waals surface area contributed by atoms with E-state index in [1.54, 1.807) is 12.1 Å². The van der Waals surface area contributed by atoms with Crippen molar-refractivity contribution in [3.63, 3.8) is 0 Å². The van der Waals surface area contributed by atoms with Crippen molar-refractivity contribution in [3.8, 4) is 0 Å². The lowest BCUT2D eigenvalue weighted by molar-refractivity contribution is -0.146. The van der Waals surface area contributed by atoms with Crippen molar-refractivity contribution in [3.05, 3.63) is 65.7 Å². The third-order valence-corrected chi connectivity index (χ3v) is 7.52. The van der Waals surface area contributed by atoms with E-state index in [0.29, 0.717) is 12.8 Å². The predicted molar refractivity (Wildman–Crippen MR) is 120 cm³/mol. The monoisotopic (exact) mass is 462 g/mol. The molecule has 1 aliphatic rings. The number of carbonyl (C=O) groups excluding carboxylic acids is 2. The van der Waals surface area contributed by atoms with Crippen LogP contribution in [0.25, 0.3) is 0 Å². The highest BCUT2D eigenvalue weighted by atomic mass is 35.5.